The number of hydrogen-bond donors (Lipinski definition) is 1. The molecule has 3 rings (SSSR count). The number of aryl methyl sites for hydroxylation is 1. The van der Waals surface area contributed by atoms with Gasteiger partial charge in [0.05, 0.1) is 6.54 Å². The van der Waals surface area contributed by atoms with Crippen LogP contribution in [0.25, 0.3) is 0 Å². The highest BCUT2D eigenvalue weighted by molar-refractivity contribution is 4.92. The number of nitrogens with zero attached hydrogens (tertiary/aromatic N) is 4. The summed E-state index contributed by atoms with van der Waals surface area (Å²) >= 11 is 0. The summed E-state index contributed by atoms with van der Waals surface area (Å²) in [4.78, 5) is 7.09. The van der Waals surface area contributed by atoms with Crippen LogP contribution in [0.5, 0.6) is 0 Å². The summed E-state index contributed by atoms with van der Waals surface area (Å²) in [5.74, 6) is 1.99. The first kappa shape index (κ1) is 14.0. The highest BCUT2D eigenvalue weighted by Crippen LogP contribution is 2.30. The molecule has 1 atom stereocenters. The monoisotopic (exact) mass is 277 g/mol. The Morgan fingerprint density at radius 1 is 1.30 bits per heavy atom. The smallest absolute Gasteiger partial charge is 0.141 e. The van der Waals surface area contributed by atoms with Crippen LogP contribution in [0.2, 0.25) is 0 Å². The van der Waals surface area contributed by atoms with Crippen LogP contribution in [0.3, 0.4) is 0 Å². The van der Waals surface area contributed by atoms with Gasteiger partial charge in [0.2, 0.25) is 0 Å². The van der Waals surface area contributed by atoms with Crippen molar-refractivity contribution in [3.8, 4) is 0 Å². The van der Waals surface area contributed by atoms with Gasteiger partial charge < -0.3 is 5.32 Å². The minimum absolute atomic E-state index is 0.686. The number of piperazine rings is 1. The molecule has 0 spiro atoms. The van der Waals surface area contributed by atoms with Crippen molar-refractivity contribution in [2.45, 2.75) is 58.2 Å². The molecule has 0 bridgehead atoms. The molecule has 0 radical (unpaired) electrons. The SMILES string of the molecule is CCn1ncnc1CN1CCNCC1C1CCCCC1. The average molecular weight is 277 g/mol. The van der Waals surface area contributed by atoms with E-state index in [1.165, 1.54) is 32.1 Å². The van der Waals surface area contributed by atoms with Crippen LogP contribution in [-0.4, -0.2) is 45.3 Å². The highest BCUT2D eigenvalue weighted by Gasteiger charge is 2.31. The van der Waals surface area contributed by atoms with Crippen molar-refractivity contribution in [2.75, 3.05) is 19.6 Å². The molecule has 1 aromatic heterocycles. The summed E-state index contributed by atoms with van der Waals surface area (Å²) in [5, 5.41) is 7.89. The number of nitrogens with one attached hydrogen (secondary N) is 1. The van der Waals surface area contributed by atoms with Crippen molar-refractivity contribution < 1.29 is 0 Å². The lowest BCUT2D eigenvalue weighted by molar-refractivity contribution is 0.0823. The van der Waals surface area contributed by atoms with Crippen LogP contribution in [0.15, 0.2) is 6.33 Å². The summed E-state index contributed by atoms with van der Waals surface area (Å²) in [5.41, 5.74) is 0. The van der Waals surface area contributed by atoms with Gasteiger partial charge in [-0.15, -0.1) is 0 Å². The number of aromatic nitrogens is 3. The molecule has 1 aromatic rings. The maximum Gasteiger partial charge on any atom is 0.141 e. The number of rotatable bonds is 4. The second kappa shape index (κ2) is 6.68. The lowest BCUT2D eigenvalue weighted by Crippen LogP contribution is -2.54. The molecule has 20 heavy (non-hydrogen) atoms. The minimum Gasteiger partial charge on any atom is -0.314 e. The van der Waals surface area contributed by atoms with Crippen LogP contribution in [-0.2, 0) is 13.1 Å². The molecule has 1 saturated heterocycles. The summed E-state index contributed by atoms with van der Waals surface area (Å²) in [6.07, 6.45) is 8.77. The third kappa shape index (κ3) is 3.04. The maximum absolute atomic E-state index is 4.45. The predicted octanol–water partition coefficient (Wildman–Crippen LogP) is 1.65. The van der Waals surface area contributed by atoms with Gasteiger partial charge >= 0.3 is 0 Å². The molecule has 1 aliphatic heterocycles. The van der Waals surface area contributed by atoms with E-state index >= 15 is 0 Å². The summed E-state index contributed by atoms with van der Waals surface area (Å²) in [6.45, 7) is 7.38. The summed E-state index contributed by atoms with van der Waals surface area (Å²) in [7, 11) is 0. The lowest BCUT2D eigenvalue weighted by Gasteiger charge is -2.42. The van der Waals surface area contributed by atoms with Gasteiger partial charge in [-0.3, -0.25) is 4.90 Å². The van der Waals surface area contributed by atoms with Gasteiger partial charge in [0.1, 0.15) is 12.2 Å². The van der Waals surface area contributed by atoms with Crippen molar-refractivity contribution in [3.63, 3.8) is 0 Å². The fourth-order valence-corrected chi connectivity index (χ4v) is 3.80. The molecule has 0 amide bonds. The van der Waals surface area contributed by atoms with Crippen molar-refractivity contribution in [3.05, 3.63) is 12.2 Å². The van der Waals surface area contributed by atoms with Gasteiger partial charge in [-0.25, -0.2) is 9.67 Å². The third-order valence-electron chi connectivity index (χ3n) is 4.93. The molecule has 5 heteroatoms. The van der Waals surface area contributed by atoms with Crippen molar-refractivity contribution >= 4 is 0 Å². The summed E-state index contributed by atoms with van der Waals surface area (Å²) in [6, 6.07) is 0.686. The predicted molar refractivity (Wildman–Crippen MR) is 79.3 cm³/mol. The minimum atomic E-state index is 0.686. The van der Waals surface area contributed by atoms with Crippen molar-refractivity contribution in [1.82, 2.24) is 25.0 Å². The zero-order chi connectivity index (χ0) is 13.8. The average Bonchev–Trinajstić information content (AvgIpc) is 2.96. The fraction of sp³-hybridized carbons (Fsp3) is 0.867. The molecular formula is C15H27N5. The Hall–Kier alpha value is -0.940. The molecule has 1 N–H and O–H groups in total. The van der Waals surface area contributed by atoms with E-state index in [1.807, 2.05) is 4.68 Å². The van der Waals surface area contributed by atoms with Crippen molar-refractivity contribution in [2.24, 2.45) is 5.92 Å². The second-order valence-corrected chi connectivity index (χ2v) is 6.13. The van der Waals surface area contributed by atoms with Crippen molar-refractivity contribution in [1.29, 1.82) is 0 Å². The Morgan fingerprint density at radius 3 is 2.95 bits per heavy atom. The molecule has 5 nitrogen and oxygen atoms in total. The molecule has 1 saturated carbocycles. The Labute approximate surface area is 121 Å². The molecule has 2 aliphatic rings. The summed E-state index contributed by atoms with van der Waals surface area (Å²) < 4.78 is 2.03. The lowest BCUT2D eigenvalue weighted by atomic mass is 9.82. The van der Waals surface area contributed by atoms with E-state index in [9.17, 15) is 0 Å². The molecule has 0 aromatic carbocycles. The molecular weight excluding hydrogens is 250 g/mol. The largest absolute Gasteiger partial charge is 0.314 e. The zero-order valence-corrected chi connectivity index (χ0v) is 12.6. The van der Waals surface area contributed by atoms with E-state index in [4.69, 9.17) is 0 Å². The molecule has 1 aliphatic carbocycles. The quantitative estimate of drug-likeness (QED) is 0.909. The van der Waals surface area contributed by atoms with Gasteiger partial charge in [-0.1, -0.05) is 19.3 Å². The van der Waals surface area contributed by atoms with Gasteiger partial charge in [-0.2, -0.15) is 5.10 Å². The van der Waals surface area contributed by atoms with E-state index in [2.05, 4.69) is 27.2 Å². The topological polar surface area (TPSA) is 46.0 Å². The third-order valence-corrected chi connectivity index (χ3v) is 4.93. The van der Waals surface area contributed by atoms with Crippen LogP contribution in [0.4, 0.5) is 0 Å². The van der Waals surface area contributed by atoms with E-state index in [1.54, 1.807) is 6.33 Å². The Kier molecular flexibility index (Phi) is 4.68. The molecule has 2 heterocycles. The van der Waals surface area contributed by atoms with E-state index in [0.717, 1.165) is 44.5 Å². The Bertz CT molecular complexity index is 410. The fourth-order valence-electron chi connectivity index (χ4n) is 3.80. The Balaban J connectivity index is 1.68. The van der Waals surface area contributed by atoms with Gasteiger partial charge in [0.15, 0.2) is 0 Å². The van der Waals surface area contributed by atoms with Gasteiger partial charge in [-0.05, 0) is 25.7 Å². The maximum atomic E-state index is 4.45. The van der Waals surface area contributed by atoms with E-state index in [0.29, 0.717) is 6.04 Å². The first-order valence-electron chi connectivity index (χ1n) is 8.20. The van der Waals surface area contributed by atoms with Gasteiger partial charge in [0.25, 0.3) is 0 Å². The first-order chi connectivity index (χ1) is 9.88. The second-order valence-electron chi connectivity index (χ2n) is 6.13. The van der Waals surface area contributed by atoms with Crippen LogP contribution in [0.1, 0.15) is 44.9 Å². The van der Waals surface area contributed by atoms with Crippen LogP contribution < -0.4 is 5.32 Å². The number of hydrogen-bond acceptors (Lipinski definition) is 4. The molecule has 112 valence electrons. The zero-order valence-electron chi connectivity index (χ0n) is 12.6. The van der Waals surface area contributed by atoms with E-state index < -0.39 is 0 Å². The van der Waals surface area contributed by atoms with Crippen LogP contribution in [0, 0.1) is 5.92 Å². The normalized spacial score (nSPS) is 25.9. The Morgan fingerprint density at radius 2 is 2.15 bits per heavy atom. The van der Waals surface area contributed by atoms with Gasteiger partial charge in [0, 0.05) is 32.2 Å². The highest BCUT2D eigenvalue weighted by atomic mass is 15.4. The van der Waals surface area contributed by atoms with Crippen LogP contribution >= 0.6 is 0 Å². The molecule has 1 unspecified atom stereocenters. The molecule has 2 fully saturated rings. The standard InChI is InChI=1S/C15H27N5/c1-2-20-15(17-12-18-20)11-19-9-8-16-10-14(19)13-6-4-3-5-7-13/h12-14,16H,2-11H2,1H3. The van der Waals surface area contributed by atoms with E-state index in [-0.39, 0.29) is 0 Å². The first-order valence-corrected chi connectivity index (χ1v) is 8.20.